The van der Waals surface area contributed by atoms with Crippen LogP contribution in [-0.4, -0.2) is 36.0 Å². The first-order chi connectivity index (χ1) is 13.9. The Kier molecular flexibility index (Phi) is 7.66. The fourth-order valence-corrected chi connectivity index (χ4v) is 2.32. The van der Waals surface area contributed by atoms with Crippen molar-refractivity contribution in [2.45, 2.75) is 13.0 Å². The van der Waals surface area contributed by atoms with E-state index in [4.69, 9.17) is 9.47 Å². The SMILES string of the molecule is CCNC(=O)NC(=O)[C@@H](OC(=O)COc1ccccc1[N+](=O)[O-])c1ccccc1. The van der Waals surface area contributed by atoms with Crippen LogP contribution >= 0.6 is 0 Å². The van der Waals surface area contributed by atoms with Crippen LogP contribution in [0.5, 0.6) is 5.75 Å². The standard InChI is InChI=1S/C19H19N3O7/c1-2-20-19(25)21-18(24)17(13-8-4-3-5-9-13)29-16(23)12-28-15-11-7-6-10-14(15)22(26)27/h3-11,17H,2,12H2,1H3,(H2,20,21,24,25)/t17-/m0/s1. The number of hydrogen-bond acceptors (Lipinski definition) is 7. The van der Waals surface area contributed by atoms with Crippen molar-refractivity contribution in [3.05, 3.63) is 70.3 Å². The number of nitro groups is 1. The van der Waals surface area contributed by atoms with Crippen LogP contribution in [0.15, 0.2) is 54.6 Å². The number of carbonyl (C=O) groups is 3. The number of amides is 3. The Hall–Kier alpha value is -3.95. The summed E-state index contributed by atoms with van der Waals surface area (Å²) in [7, 11) is 0. The van der Waals surface area contributed by atoms with Gasteiger partial charge in [-0.05, 0) is 13.0 Å². The van der Waals surface area contributed by atoms with E-state index in [1.165, 1.54) is 24.3 Å². The number of nitro benzene ring substituents is 1. The van der Waals surface area contributed by atoms with E-state index in [1.54, 1.807) is 37.3 Å². The van der Waals surface area contributed by atoms with Crippen molar-refractivity contribution in [1.82, 2.24) is 10.6 Å². The second kappa shape index (κ2) is 10.4. The van der Waals surface area contributed by atoms with Crippen LogP contribution in [-0.2, 0) is 14.3 Å². The third-order valence-corrected chi connectivity index (χ3v) is 3.57. The molecule has 3 amide bonds. The van der Waals surface area contributed by atoms with Crippen molar-refractivity contribution < 1.29 is 28.8 Å². The molecule has 2 aromatic carbocycles. The largest absolute Gasteiger partial charge is 0.475 e. The molecule has 0 aliphatic heterocycles. The van der Waals surface area contributed by atoms with Gasteiger partial charge >= 0.3 is 17.7 Å². The van der Waals surface area contributed by atoms with Crippen LogP contribution in [0, 0.1) is 10.1 Å². The smallest absolute Gasteiger partial charge is 0.345 e. The van der Waals surface area contributed by atoms with E-state index in [2.05, 4.69) is 10.6 Å². The summed E-state index contributed by atoms with van der Waals surface area (Å²) in [5.41, 5.74) is 0.0298. The van der Waals surface area contributed by atoms with Crippen molar-refractivity contribution >= 4 is 23.6 Å². The van der Waals surface area contributed by atoms with E-state index in [1.807, 2.05) is 0 Å². The Labute approximate surface area is 166 Å². The van der Waals surface area contributed by atoms with Gasteiger partial charge in [0.05, 0.1) is 4.92 Å². The van der Waals surface area contributed by atoms with Crippen LogP contribution in [0.4, 0.5) is 10.5 Å². The minimum absolute atomic E-state index is 0.113. The molecule has 2 rings (SSSR count). The summed E-state index contributed by atoms with van der Waals surface area (Å²) in [6.45, 7) is 1.32. The van der Waals surface area contributed by atoms with Gasteiger partial charge in [0.15, 0.2) is 12.4 Å². The van der Waals surface area contributed by atoms with E-state index < -0.39 is 35.5 Å². The van der Waals surface area contributed by atoms with Crippen LogP contribution in [0.3, 0.4) is 0 Å². The molecule has 0 spiro atoms. The maximum Gasteiger partial charge on any atom is 0.345 e. The molecular weight excluding hydrogens is 382 g/mol. The highest BCUT2D eigenvalue weighted by Gasteiger charge is 2.27. The van der Waals surface area contributed by atoms with Crippen molar-refractivity contribution in [3.8, 4) is 5.75 Å². The zero-order chi connectivity index (χ0) is 21.2. The monoisotopic (exact) mass is 401 g/mol. The molecule has 0 bridgehead atoms. The molecule has 0 heterocycles. The molecule has 2 aromatic rings. The van der Waals surface area contributed by atoms with Gasteiger partial charge in [-0.3, -0.25) is 20.2 Å². The van der Waals surface area contributed by atoms with Crippen LogP contribution in [0.2, 0.25) is 0 Å². The number of hydrogen-bond donors (Lipinski definition) is 2. The quantitative estimate of drug-likeness (QED) is 0.392. The average Bonchev–Trinajstić information content (AvgIpc) is 2.71. The van der Waals surface area contributed by atoms with Crippen LogP contribution in [0.1, 0.15) is 18.6 Å². The third kappa shape index (κ3) is 6.31. The van der Waals surface area contributed by atoms with Crippen molar-refractivity contribution in [1.29, 1.82) is 0 Å². The fourth-order valence-electron chi connectivity index (χ4n) is 2.32. The molecule has 0 aromatic heterocycles. The third-order valence-electron chi connectivity index (χ3n) is 3.57. The number of para-hydroxylation sites is 2. The number of rotatable bonds is 8. The van der Waals surface area contributed by atoms with Gasteiger partial charge in [-0.1, -0.05) is 42.5 Å². The molecule has 0 radical (unpaired) electrons. The second-order valence-corrected chi connectivity index (χ2v) is 5.64. The number of nitrogens with one attached hydrogen (secondary N) is 2. The van der Waals surface area contributed by atoms with E-state index in [0.717, 1.165) is 0 Å². The number of nitrogens with zero attached hydrogens (tertiary/aromatic N) is 1. The molecule has 10 heteroatoms. The molecule has 0 unspecified atom stereocenters. The summed E-state index contributed by atoms with van der Waals surface area (Å²) < 4.78 is 10.3. The Balaban J connectivity index is 2.08. The van der Waals surface area contributed by atoms with Gasteiger partial charge < -0.3 is 14.8 Å². The maximum atomic E-state index is 12.4. The number of carbonyl (C=O) groups excluding carboxylic acids is 3. The number of imide groups is 1. The minimum Gasteiger partial charge on any atom is -0.475 e. The molecule has 0 aliphatic carbocycles. The lowest BCUT2D eigenvalue weighted by molar-refractivity contribution is -0.385. The minimum atomic E-state index is -1.40. The average molecular weight is 401 g/mol. The Morgan fingerprint density at radius 2 is 1.72 bits per heavy atom. The lowest BCUT2D eigenvalue weighted by Crippen LogP contribution is -2.42. The lowest BCUT2D eigenvalue weighted by Gasteiger charge is -2.17. The zero-order valence-electron chi connectivity index (χ0n) is 15.5. The van der Waals surface area contributed by atoms with Gasteiger partial charge in [0, 0.05) is 18.2 Å². The maximum absolute atomic E-state index is 12.4. The number of benzene rings is 2. The Morgan fingerprint density at radius 1 is 1.07 bits per heavy atom. The molecule has 2 N–H and O–H groups in total. The molecule has 10 nitrogen and oxygen atoms in total. The summed E-state index contributed by atoms with van der Waals surface area (Å²) in [6.07, 6.45) is -1.40. The topological polar surface area (TPSA) is 137 Å². The first-order valence-electron chi connectivity index (χ1n) is 8.61. The van der Waals surface area contributed by atoms with Gasteiger partial charge in [-0.15, -0.1) is 0 Å². The van der Waals surface area contributed by atoms with E-state index in [-0.39, 0.29) is 11.4 Å². The van der Waals surface area contributed by atoms with E-state index in [0.29, 0.717) is 12.1 Å². The summed E-state index contributed by atoms with van der Waals surface area (Å²) in [5.74, 6) is -1.90. The normalized spacial score (nSPS) is 11.1. The van der Waals surface area contributed by atoms with Gasteiger partial charge in [-0.2, -0.15) is 0 Å². The highest BCUT2D eigenvalue weighted by Crippen LogP contribution is 2.26. The molecule has 0 fully saturated rings. The van der Waals surface area contributed by atoms with Crippen molar-refractivity contribution in [2.24, 2.45) is 0 Å². The van der Waals surface area contributed by atoms with E-state index >= 15 is 0 Å². The van der Waals surface area contributed by atoms with Gasteiger partial charge in [-0.25, -0.2) is 9.59 Å². The van der Waals surface area contributed by atoms with Gasteiger partial charge in [0.2, 0.25) is 6.10 Å². The number of esters is 1. The second-order valence-electron chi connectivity index (χ2n) is 5.64. The highest BCUT2D eigenvalue weighted by molar-refractivity contribution is 5.97. The predicted molar refractivity (Wildman–Crippen MR) is 101 cm³/mol. The zero-order valence-corrected chi connectivity index (χ0v) is 15.5. The highest BCUT2D eigenvalue weighted by atomic mass is 16.6. The molecule has 1 atom stereocenters. The Morgan fingerprint density at radius 3 is 2.38 bits per heavy atom. The Bertz CT molecular complexity index is 886. The summed E-state index contributed by atoms with van der Waals surface area (Å²) in [6, 6.07) is 12.9. The van der Waals surface area contributed by atoms with Crippen molar-refractivity contribution in [2.75, 3.05) is 13.2 Å². The molecule has 152 valence electrons. The fraction of sp³-hybridized carbons (Fsp3) is 0.211. The number of ether oxygens (including phenoxy) is 2. The molecule has 29 heavy (non-hydrogen) atoms. The summed E-state index contributed by atoms with van der Waals surface area (Å²) in [5, 5.41) is 15.5. The molecule has 0 aliphatic rings. The van der Waals surface area contributed by atoms with Gasteiger partial charge in [0.25, 0.3) is 5.91 Å². The van der Waals surface area contributed by atoms with E-state index in [9.17, 15) is 24.5 Å². The van der Waals surface area contributed by atoms with Crippen LogP contribution in [0.25, 0.3) is 0 Å². The number of urea groups is 1. The molecular formula is C19H19N3O7. The summed E-state index contributed by atoms with van der Waals surface area (Å²) >= 11 is 0. The molecule has 0 saturated carbocycles. The molecule has 0 saturated heterocycles. The van der Waals surface area contributed by atoms with Crippen LogP contribution < -0.4 is 15.4 Å². The van der Waals surface area contributed by atoms with Crippen molar-refractivity contribution in [3.63, 3.8) is 0 Å². The van der Waals surface area contributed by atoms with Gasteiger partial charge in [0.1, 0.15) is 0 Å². The lowest BCUT2D eigenvalue weighted by atomic mass is 10.1. The first-order valence-corrected chi connectivity index (χ1v) is 8.61. The predicted octanol–water partition coefficient (Wildman–Crippen LogP) is 2.10. The first kappa shape index (κ1) is 21.4. The summed E-state index contributed by atoms with van der Waals surface area (Å²) in [4.78, 5) is 46.6.